The number of carboxylic acids is 2. The van der Waals surface area contributed by atoms with Gasteiger partial charge in [-0.1, -0.05) is 42.1 Å². The zero-order valence-corrected chi connectivity index (χ0v) is 18.6. The molecule has 0 aromatic heterocycles. The molecule has 0 atom stereocenters. The van der Waals surface area contributed by atoms with Gasteiger partial charge in [0.15, 0.2) is 0 Å². The molecule has 0 saturated heterocycles. The molecule has 1 heterocycles. The van der Waals surface area contributed by atoms with Crippen molar-refractivity contribution in [2.75, 3.05) is 20.6 Å². The maximum absolute atomic E-state index is 9.55. The summed E-state index contributed by atoms with van der Waals surface area (Å²) in [5.41, 5.74) is 5.80. The summed E-state index contributed by atoms with van der Waals surface area (Å²) in [5.74, 6) is -1.70. The van der Waals surface area contributed by atoms with E-state index in [-0.39, 0.29) is 0 Å². The van der Waals surface area contributed by atoms with Gasteiger partial charge >= 0.3 is 11.9 Å². The van der Waals surface area contributed by atoms with Crippen LogP contribution < -0.4 is 0 Å². The van der Waals surface area contributed by atoms with Crippen molar-refractivity contribution in [2.24, 2.45) is 0 Å². The Hall–Kier alpha value is -2.83. The quantitative estimate of drug-likeness (QED) is 0.521. The second-order valence-electron chi connectivity index (χ2n) is 7.85. The Morgan fingerprint density at radius 1 is 1.00 bits per heavy atom. The number of fused-ring (bicyclic) bond motifs is 2. The van der Waals surface area contributed by atoms with Crippen LogP contribution in [0.1, 0.15) is 41.9 Å². The predicted octanol–water partition coefficient (Wildman–Crippen LogP) is 5.12. The molecule has 0 spiro atoms. The lowest BCUT2D eigenvalue weighted by Gasteiger charge is -2.23. The fraction of sp³-hybridized carbons (Fsp3) is 0.280. The minimum Gasteiger partial charge on any atom is -0.478 e. The molecule has 31 heavy (non-hydrogen) atoms. The molecule has 0 amide bonds. The number of carboxylic acid groups (broad SMARTS) is 2. The first-order valence-corrected chi connectivity index (χ1v) is 11.1. The Morgan fingerprint density at radius 3 is 2.26 bits per heavy atom. The van der Waals surface area contributed by atoms with Crippen LogP contribution in [-0.4, -0.2) is 47.7 Å². The molecule has 2 aromatic rings. The van der Waals surface area contributed by atoms with Crippen LogP contribution in [0.2, 0.25) is 0 Å². The minimum absolute atomic E-state index is 0.558. The summed E-state index contributed by atoms with van der Waals surface area (Å²) >= 11 is 1.92. The number of benzene rings is 2. The maximum atomic E-state index is 9.55. The molecule has 2 aromatic carbocycles. The fourth-order valence-electron chi connectivity index (χ4n) is 3.39. The topological polar surface area (TPSA) is 77.8 Å². The number of hydrogen-bond acceptors (Lipinski definition) is 4. The first-order valence-electron chi connectivity index (χ1n) is 10.3. The Bertz CT molecular complexity index is 1010. The van der Waals surface area contributed by atoms with Crippen molar-refractivity contribution in [2.45, 2.75) is 35.0 Å². The second-order valence-corrected chi connectivity index (χ2v) is 8.93. The van der Waals surface area contributed by atoms with Crippen LogP contribution >= 0.6 is 11.8 Å². The molecule has 4 rings (SSSR count). The predicted molar refractivity (Wildman–Crippen MR) is 124 cm³/mol. The Morgan fingerprint density at radius 2 is 1.65 bits per heavy atom. The van der Waals surface area contributed by atoms with E-state index in [0.717, 1.165) is 18.9 Å². The van der Waals surface area contributed by atoms with Crippen LogP contribution in [-0.2, 0) is 9.59 Å². The number of rotatable bonds is 6. The highest BCUT2D eigenvalue weighted by molar-refractivity contribution is 7.99. The molecule has 0 unspecified atom stereocenters. The van der Waals surface area contributed by atoms with Crippen molar-refractivity contribution in [1.29, 1.82) is 0 Å². The van der Waals surface area contributed by atoms with E-state index in [2.05, 4.69) is 67.5 Å². The highest BCUT2D eigenvalue weighted by Gasteiger charge is 2.26. The van der Waals surface area contributed by atoms with Crippen molar-refractivity contribution < 1.29 is 19.8 Å². The summed E-state index contributed by atoms with van der Waals surface area (Å²) in [7, 11) is 4.28. The average molecular weight is 438 g/mol. The minimum atomic E-state index is -1.26. The highest BCUT2D eigenvalue weighted by atomic mass is 32.2. The summed E-state index contributed by atoms with van der Waals surface area (Å²) in [6, 6.07) is 16.0. The van der Waals surface area contributed by atoms with Crippen molar-refractivity contribution in [3.63, 3.8) is 0 Å². The summed E-state index contributed by atoms with van der Waals surface area (Å²) < 4.78 is 0. The van der Waals surface area contributed by atoms with Crippen LogP contribution in [0, 0.1) is 0 Å². The fourth-order valence-corrected chi connectivity index (χ4v) is 4.48. The van der Waals surface area contributed by atoms with Gasteiger partial charge in [0.05, 0.1) is 0 Å². The first-order chi connectivity index (χ1) is 14.8. The third kappa shape index (κ3) is 6.57. The molecule has 1 fully saturated rings. The molecule has 1 aliphatic heterocycles. The van der Waals surface area contributed by atoms with E-state index in [9.17, 15) is 9.59 Å². The van der Waals surface area contributed by atoms with E-state index in [1.165, 1.54) is 44.9 Å². The molecule has 0 bridgehead atoms. The van der Waals surface area contributed by atoms with Gasteiger partial charge in [-0.25, -0.2) is 9.59 Å². The zero-order valence-electron chi connectivity index (χ0n) is 17.7. The number of aliphatic carboxylic acids is 2. The summed E-state index contributed by atoms with van der Waals surface area (Å²) in [5, 5.41) is 15.6. The molecule has 6 heteroatoms. The van der Waals surface area contributed by atoms with E-state index < -0.39 is 11.9 Å². The van der Waals surface area contributed by atoms with E-state index >= 15 is 0 Å². The third-order valence-corrected chi connectivity index (χ3v) is 6.18. The van der Waals surface area contributed by atoms with Crippen LogP contribution in [0.15, 0.2) is 70.5 Å². The zero-order chi connectivity index (χ0) is 22.4. The second kappa shape index (κ2) is 10.5. The van der Waals surface area contributed by atoms with Gasteiger partial charge in [0, 0.05) is 28.5 Å². The monoisotopic (exact) mass is 437 g/mol. The SMILES string of the molecule is CN(C)CC/C=C1/c2ccccc2Sc2ccc(C3CC3)cc21.O=C(O)/C=C\C(=O)O. The number of nitrogens with zero attached hydrogens (tertiary/aromatic N) is 1. The molecule has 162 valence electrons. The van der Waals surface area contributed by atoms with Crippen molar-refractivity contribution >= 4 is 29.3 Å². The van der Waals surface area contributed by atoms with Crippen molar-refractivity contribution in [1.82, 2.24) is 4.90 Å². The van der Waals surface area contributed by atoms with Crippen molar-refractivity contribution in [3.8, 4) is 0 Å². The van der Waals surface area contributed by atoms with Crippen molar-refractivity contribution in [3.05, 3.63) is 77.4 Å². The molecule has 2 N–H and O–H groups in total. The van der Waals surface area contributed by atoms with Gasteiger partial charge in [0.2, 0.25) is 0 Å². The Kier molecular flexibility index (Phi) is 7.71. The number of hydrogen-bond donors (Lipinski definition) is 2. The lowest BCUT2D eigenvalue weighted by molar-refractivity contribution is -0.134. The van der Waals surface area contributed by atoms with Crippen LogP contribution in [0.5, 0.6) is 0 Å². The van der Waals surface area contributed by atoms with Crippen LogP contribution in [0.4, 0.5) is 0 Å². The molecule has 5 nitrogen and oxygen atoms in total. The molecular weight excluding hydrogens is 410 g/mol. The molecule has 2 aliphatic rings. The van der Waals surface area contributed by atoms with Gasteiger partial charge in [-0.15, -0.1) is 0 Å². The normalized spacial score (nSPS) is 15.9. The van der Waals surface area contributed by atoms with E-state index in [1.54, 1.807) is 0 Å². The average Bonchev–Trinajstić information content (AvgIpc) is 3.57. The Labute approximate surface area is 187 Å². The summed E-state index contributed by atoms with van der Waals surface area (Å²) in [6.45, 7) is 1.09. The lowest BCUT2D eigenvalue weighted by Crippen LogP contribution is -2.12. The Balaban J connectivity index is 0.000000293. The highest BCUT2D eigenvalue weighted by Crippen LogP contribution is 2.48. The van der Waals surface area contributed by atoms with Crippen LogP contribution in [0.25, 0.3) is 5.57 Å². The first kappa shape index (κ1) is 22.8. The summed E-state index contributed by atoms with van der Waals surface area (Å²) in [4.78, 5) is 24.2. The third-order valence-electron chi connectivity index (χ3n) is 5.03. The van der Waals surface area contributed by atoms with E-state index in [4.69, 9.17) is 10.2 Å². The smallest absolute Gasteiger partial charge is 0.328 e. The molecule has 1 aliphatic carbocycles. The van der Waals surface area contributed by atoms with Gasteiger partial charge < -0.3 is 15.1 Å². The van der Waals surface area contributed by atoms with Gasteiger partial charge in [0.1, 0.15) is 0 Å². The molecule has 0 radical (unpaired) electrons. The standard InChI is InChI=1S/C21H23NS.C4H4O4/c1-22(2)13-5-7-17-18-6-3-4-8-20(18)23-21-12-11-16(14-19(17)21)15-9-10-15;5-3(6)1-2-4(7)8/h3-4,6-8,11-12,14-15H,5,9-10,13H2,1-2H3;1-2H,(H,5,6)(H,7,8)/b17-7-;2-1-. The summed E-state index contributed by atoms with van der Waals surface area (Å²) in [6.07, 6.45) is 7.37. The van der Waals surface area contributed by atoms with E-state index in [1.807, 2.05) is 11.8 Å². The van der Waals surface area contributed by atoms with Gasteiger partial charge in [-0.2, -0.15) is 0 Å². The molecule has 1 saturated carbocycles. The van der Waals surface area contributed by atoms with E-state index in [0.29, 0.717) is 12.2 Å². The molecular formula is C25H27NO4S. The largest absolute Gasteiger partial charge is 0.478 e. The maximum Gasteiger partial charge on any atom is 0.328 e. The van der Waals surface area contributed by atoms with Gasteiger partial charge in [-0.05, 0) is 79.7 Å². The van der Waals surface area contributed by atoms with Gasteiger partial charge in [-0.3, -0.25) is 0 Å². The van der Waals surface area contributed by atoms with Crippen LogP contribution in [0.3, 0.4) is 0 Å². The number of carbonyl (C=O) groups is 2. The van der Waals surface area contributed by atoms with Gasteiger partial charge in [0.25, 0.3) is 0 Å². The lowest BCUT2D eigenvalue weighted by atomic mass is 9.94.